The number of likely N-dealkylation sites (N-methyl/N-ethyl adjacent to an activating group) is 1. The van der Waals surface area contributed by atoms with Crippen molar-refractivity contribution in [1.29, 1.82) is 5.41 Å². The van der Waals surface area contributed by atoms with E-state index in [0.29, 0.717) is 5.57 Å². The molecule has 1 aliphatic rings. The van der Waals surface area contributed by atoms with Gasteiger partial charge in [-0.3, -0.25) is 4.98 Å². The van der Waals surface area contributed by atoms with Crippen LogP contribution in [0.1, 0.15) is 11.1 Å². The molecule has 0 saturated carbocycles. The smallest absolute Gasteiger partial charge is 0.147 e. The van der Waals surface area contributed by atoms with E-state index in [4.69, 9.17) is 16.1 Å². The summed E-state index contributed by atoms with van der Waals surface area (Å²) < 4.78 is 0. The van der Waals surface area contributed by atoms with Gasteiger partial charge in [-0.05, 0) is 42.4 Å². The standard InChI is InChI=1S/C24H29N7/c1-29-8-10-31(11-9-29)21-5-3-4-18(12-21)17-30(2)24-16-27-23-13-19(20(14-25)15-26)6-7-22(23)28-24/h3-7,12-16,25H,8-11,17,26H2,1-2H3/b20-15+,25-14?. The highest BCUT2D eigenvalue weighted by molar-refractivity contribution is 6.08. The molecule has 4 rings (SSSR count). The lowest BCUT2D eigenvalue weighted by molar-refractivity contribution is 0.313. The SMILES string of the molecule is CN1CCN(c2cccc(CN(C)c3cnc4cc(/C(C=N)=C/N)ccc4n3)c2)CC1. The van der Waals surface area contributed by atoms with Crippen LogP contribution >= 0.6 is 0 Å². The third-order valence-corrected chi connectivity index (χ3v) is 5.79. The molecule has 0 spiro atoms. The summed E-state index contributed by atoms with van der Waals surface area (Å²) in [6, 6.07) is 14.5. The van der Waals surface area contributed by atoms with Gasteiger partial charge in [-0.1, -0.05) is 18.2 Å². The molecule has 3 N–H and O–H groups in total. The van der Waals surface area contributed by atoms with E-state index in [1.807, 2.05) is 25.2 Å². The van der Waals surface area contributed by atoms with E-state index in [1.54, 1.807) is 6.20 Å². The van der Waals surface area contributed by atoms with Crippen molar-refractivity contribution in [2.75, 3.05) is 50.1 Å². The number of rotatable bonds is 6. The third-order valence-electron chi connectivity index (χ3n) is 5.79. The highest BCUT2D eigenvalue weighted by Gasteiger charge is 2.15. The third kappa shape index (κ3) is 4.67. The quantitative estimate of drug-likeness (QED) is 0.602. The Kier molecular flexibility index (Phi) is 6.13. The molecule has 0 atom stereocenters. The molecule has 7 heteroatoms. The van der Waals surface area contributed by atoms with E-state index in [1.165, 1.54) is 23.7 Å². The molecule has 1 aliphatic heterocycles. The van der Waals surface area contributed by atoms with E-state index in [9.17, 15) is 0 Å². The van der Waals surface area contributed by atoms with Crippen LogP contribution in [0.5, 0.6) is 0 Å². The van der Waals surface area contributed by atoms with Crippen molar-refractivity contribution in [2.24, 2.45) is 5.73 Å². The fourth-order valence-electron chi connectivity index (χ4n) is 3.86. The number of benzene rings is 2. The number of aromatic nitrogens is 2. The van der Waals surface area contributed by atoms with E-state index in [2.05, 4.69) is 51.0 Å². The van der Waals surface area contributed by atoms with Gasteiger partial charge >= 0.3 is 0 Å². The van der Waals surface area contributed by atoms with Gasteiger partial charge in [-0.2, -0.15) is 0 Å². The van der Waals surface area contributed by atoms with E-state index in [-0.39, 0.29) is 0 Å². The zero-order chi connectivity index (χ0) is 21.8. The van der Waals surface area contributed by atoms with Gasteiger partial charge in [-0.25, -0.2) is 4.98 Å². The molecule has 3 aromatic rings. The van der Waals surface area contributed by atoms with Crippen LogP contribution in [-0.4, -0.2) is 61.4 Å². The molecule has 0 unspecified atom stereocenters. The number of fused-ring (bicyclic) bond motifs is 1. The van der Waals surface area contributed by atoms with Crippen LogP contribution in [0.25, 0.3) is 16.6 Å². The molecule has 0 amide bonds. The summed E-state index contributed by atoms with van der Waals surface area (Å²) in [7, 11) is 4.22. The second-order valence-electron chi connectivity index (χ2n) is 8.01. The van der Waals surface area contributed by atoms with Crippen LogP contribution in [0.4, 0.5) is 11.5 Å². The van der Waals surface area contributed by atoms with Crippen molar-refractivity contribution in [2.45, 2.75) is 6.54 Å². The minimum atomic E-state index is 0.658. The number of nitrogens with one attached hydrogen (secondary N) is 1. The zero-order valence-electron chi connectivity index (χ0n) is 18.1. The number of hydrogen-bond donors (Lipinski definition) is 2. The second-order valence-corrected chi connectivity index (χ2v) is 8.01. The average molecular weight is 416 g/mol. The normalized spacial score (nSPS) is 15.3. The minimum absolute atomic E-state index is 0.658. The Morgan fingerprint density at radius 3 is 2.68 bits per heavy atom. The number of piperazine rings is 1. The fraction of sp³-hybridized carbons (Fsp3) is 0.292. The highest BCUT2D eigenvalue weighted by atomic mass is 15.2. The largest absolute Gasteiger partial charge is 0.404 e. The van der Waals surface area contributed by atoms with E-state index >= 15 is 0 Å². The second kappa shape index (κ2) is 9.14. The molecule has 0 aliphatic carbocycles. The lowest BCUT2D eigenvalue weighted by Crippen LogP contribution is -2.44. The Bertz CT molecular complexity index is 1100. The molecule has 1 saturated heterocycles. The van der Waals surface area contributed by atoms with Crippen LogP contribution in [0.15, 0.2) is 54.9 Å². The van der Waals surface area contributed by atoms with Crippen molar-refractivity contribution in [3.05, 3.63) is 66.0 Å². The highest BCUT2D eigenvalue weighted by Crippen LogP contribution is 2.22. The molecule has 1 aromatic heterocycles. The molecule has 160 valence electrons. The van der Waals surface area contributed by atoms with Gasteiger partial charge in [0.25, 0.3) is 0 Å². The van der Waals surface area contributed by atoms with Gasteiger partial charge < -0.3 is 25.8 Å². The first-order valence-electron chi connectivity index (χ1n) is 10.5. The predicted molar refractivity (Wildman–Crippen MR) is 129 cm³/mol. The Hall–Kier alpha value is -3.45. The molecule has 31 heavy (non-hydrogen) atoms. The molecular weight excluding hydrogens is 386 g/mol. The Balaban J connectivity index is 1.50. The summed E-state index contributed by atoms with van der Waals surface area (Å²) in [6.07, 6.45) is 4.47. The van der Waals surface area contributed by atoms with E-state index in [0.717, 1.165) is 55.1 Å². The molecule has 1 fully saturated rings. The van der Waals surface area contributed by atoms with Crippen molar-refractivity contribution in [3.8, 4) is 0 Å². The minimum Gasteiger partial charge on any atom is -0.404 e. The summed E-state index contributed by atoms with van der Waals surface area (Å²) >= 11 is 0. The van der Waals surface area contributed by atoms with Crippen molar-refractivity contribution in [1.82, 2.24) is 14.9 Å². The van der Waals surface area contributed by atoms with Crippen molar-refractivity contribution >= 4 is 34.3 Å². The fourth-order valence-corrected chi connectivity index (χ4v) is 3.86. The van der Waals surface area contributed by atoms with Gasteiger partial charge in [0.15, 0.2) is 0 Å². The lowest BCUT2D eigenvalue weighted by atomic mass is 10.1. The van der Waals surface area contributed by atoms with Crippen LogP contribution in [-0.2, 0) is 6.54 Å². The van der Waals surface area contributed by atoms with Crippen LogP contribution in [0, 0.1) is 5.41 Å². The monoisotopic (exact) mass is 415 g/mol. The number of nitrogens with zero attached hydrogens (tertiary/aromatic N) is 5. The van der Waals surface area contributed by atoms with Crippen LogP contribution in [0.3, 0.4) is 0 Å². The van der Waals surface area contributed by atoms with Gasteiger partial charge in [0, 0.05) is 63.4 Å². The maximum absolute atomic E-state index is 7.47. The van der Waals surface area contributed by atoms with Gasteiger partial charge in [-0.15, -0.1) is 0 Å². The van der Waals surface area contributed by atoms with Crippen molar-refractivity contribution in [3.63, 3.8) is 0 Å². The summed E-state index contributed by atoms with van der Waals surface area (Å²) in [5.41, 5.74) is 11.3. The topological polar surface area (TPSA) is 85.4 Å². The van der Waals surface area contributed by atoms with Crippen LogP contribution in [0.2, 0.25) is 0 Å². The molecule has 2 heterocycles. The average Bonchev–Trinajstić information content (AvgIpc) is 2.80. The van der Waals surface area contributed by atoms with Crippen LogP contribution < -0.4 is 15.5 Å². The Labute approximate surface area is 183 Å². The summed E-state index contributed by atoms with van der Waals surface area (Å²) in [5, 5.41) is 7.47. The van der Waals surface area contributed by atoms with Gasteiger partial charge in [0.1, 0.15) is 5.82 Å². The molecule has 2 aromatic carbocycles. The number of anilines is 2. The summed E-state index contributed by atoms with van der Waals surface area (Å²) in [6.45, 7) is 5.08. The predicted octanol–water partition coefficient (Wildman–Crippen LogP) is 2.97. The Morgan fingerprint density at radius 2 is 1.94 bits per heavy atom. The zero-order valence-corrected chi connectivity index (χ0v) is 18.1. The molecular formula is C24H29N7. The maximum Gasteiger partial charge on any atom is 0.147 e. The number of nitrogens with two attached hydrogens (primary N) is 1. The molecule has 7 nitrogen and oxygen atoms in total. The first-order valence-corrected chi connectivity index (χ1v) is 10.5. The Morgan fingerprint density at radius 1 is 1.13 bits per heavy atom. The first kappa shape index (κ1) is 20.8. The van der Waals surface area contributed by atoms with Gasteiger partial charge in [0.2, 0.25) is 0 Å². The summed E-state index contributed by atoms with van der Waals surface area (Å²) in [5.74, 6) is 0.826. The number of allylic oxidation sites excluding steroid dienone is 1. The lowest BCUT2D eigenvalue weighted by Gasteiger charge is -2.34. The maximum atomic E-state index is 7.47. The van der Waals surface area contributed by atoms with E-state index < -0.39 is 0 Å². The molecule has 0 radical (unpaired) electrons. The molecule has 0 bridgehead atoms. The van der Waals surface area contributed by atoms with Crippen molar-refractivity contribution < 1.29 is 0 Å². The first-order chi connectivity index (χ1) is 15.1. The van der Waals surface area contributed by atoms with Gasteiger partial charge in [0.05, 0.1) is 17.2 Å². The summed E-state index contributed by atoms with van der Waals surface area (Å²) in [4.78, 5) is 16.3. The number of hydrogen-bond acceptors (Lipinski definition) is 7.